The van der Waals surface area contributed by atoms with E-state index in [1.165, 1.54) is 6.92 Å². The van der Waals surface area contributed by atoms with Gasteiger partial charge < -0.3 is 20.9 Å². The fourth-order valence-corrected chi connectivity index (χ4v) is 1.75. The Hall–Kier alpha value is -2.24. The molecular weight excluding hydrogens is 272 g/mol. The Morgan fingerprint density at radius 1 is 1.19 bits per heavy atom. The van der Waals surface area contributed by atoms with Crippen LogP contribution in [0.3, 0.4) is 0 Å². The van der Waals surface area contributed by atoms with Crippen LogP contribution >= 0.6 is 0 Å². The summed E-state index contributed by atoms with van der Waals surface area (Å²) in [5, 5.41) is 11.8. The average Bonchev–Trinajstić information content (AvgIpc) is 2.29. The zero-order chi connectivity index (χ0) is 16.3. The van der Waals surface area contributed by atoms with Crippen LogP contribution in [-0.2, 0) is 16.0 Å². The third kappa shape index (κ3) is 5.33. The number of rotatable bonds is 4. The van der Waals surface area contributed by atoms with Crippen LogP contribution in [0.2, 0.25) is 0 Å². The lowest BCUT2D eigenvalue weighted by Gasteiger charge is -2.28. The molecule has 0 heterocycles. The molecular formula is C15H22N2O4. The molecule has 21 heavy (non-hydrogen) atoms. The molecule has 0 radical (unpaired) electrons. The molecule has 4 N–H and O–H groups in total. The van der Waals surface area contributed by atoms with Gasteiger partial charge in [0.2, 0.25) is 0 Å². The fourth-order valence-electron chi connectivity index (χ4n) is 1.75. The van der Waals surface area contributed by atoms with E-state index in [-0.39, 0.29) is 6.42 Å². The highest BCUT2D eigenvalue weighted by Crippen LogP contribution is 2.17. The lowest BCUT2D eigenvalue weighted by atomic mass is 9.93. The highest BCUT2D eigenvalue weighted by molar-refractivity contribution is 5.84. The van der Waals surface area contributed by atoms with Gasteiger partial charge in [0.25, 0.3) is 0 Å². The second-order valence-electron chi connectivity index (χ2n) is 6.18. The van der Waals surface area contributed by atoms with Gasteiger partial charge in [-0.3, -0.25) is 0 Å². The zero-order valence-electron chi connectivity index (χ0n) is 12.8. The molecule has 1 unspecified atom stereocenters. The van der Waals surface area contributed by atoms with Gasteiger partial charge in [-0.25, -0.2) is 9.59 Å². The van der Waals surface area contributed by atoms with Gasteiger partial charge in [-0.1, -0.05) is 12.1 Å². The summed E-state index contributed by atoms with van der Waals surface area (Å²) < 4.78 is 5.11. The lowest BCUT2D eigenvalue weighted by molar-refractivity contribution is -0.144. The number of aliphatic carboxylic acids is 1. The van der Waals surface area contributed by atoms with Crippen molar-refractivity contribution in [2.24, 2.45) is 0 Å². The van der Waals surface area contributed by atoms with Gasteiger partial charge in [0.05, 0.1) is 0 Å². The molecule has 1 rings (SSSR count). The molecule has 0 aliphatic heterocycles. The molecule has 0 saturated heterocycles. The van der Waals surface area contributed by atoms with Gasteiger partial charge in [0.1, 0.15) is 11.1 Å². The van der Waals surface area contributed by atoms with Gasteiger partial charge >= 0.3 is 12.1 Å². The largest absolute Gasteiger partial charge is 0.480 e. The first-order valence-corrected chi connectivity index (χ1v) is 6.61. The minimum Gasteiger partial charge on any atom is -0.480 e. The molecule has 1 aromatic rings. The number of carbonyl (C=O) groups excluding carboxylic acids is 1. The van der Waals surface area contributed by atoms with Crippen LogP contribution in [-0.4, -0.2) is 28.3 Å². The number of nitrogens with one attached hydrogen (secondary N) is 1. The third-order valence-electron chi connectivity index (χ3n) is 2.79. The van der Waals surface area contributed by atoms with Crippen LogP contribution in [0.15, 0.2) is 24.3 Å². The summed E-state index contributed by atoms with van der Waals surface area (Å²) in [6.07, 6.45) is -0.634. The Balaban J connectivity index is 2.86. The minimum atomic E-state index is -1.46. The van der Waals surface area contributed by atoms with Crippen molar-refractivity contribution in [1.29, 1.82) is 0 Å². The number of amides is 1. The van der Waals surface area contributed by atoms with Crippen molar-refractivity contribution in [3.63, 3.8) is 0 Å². The lowest BCUT2D eigenvalue weighted by Crippen LogP contribution is -2.54. The van der Waals surface area contributed by atoms with E-state index < -0.39 is 23.2 Å². The number of carbonyl (C=O) groups is 2. The molecule has 1 aromatic carbocycles. The summed E-state index contributed by atoms with van der Waals surface area (Å²) in [6.45, 7) is 6.58. The van der Waals surface area contributed by atoms with Crippen molar-refractivity contribution in [2.45, 2.75) is 45.3 Å². The highest BCUT2D eigenvalue weighted by atomic mass is 16.6. The third-order valence-corrected chi connectivity index (χ3v) is 2.79. The van der Waals surface area contributed by atoms with Crippen LogP contribution in [0.4, 0.5) is 10.5 Å². The van der Waals surface area contributed by atoms with Crippen molar-refractivity contribution < 1.29 is 19.4 Å². The number of nitrogen functional groups attached to an aromatic ring is 1. The molecule has 0 fully saturated rings. The van der Waals surface area contributed by atoms with E-state index in [0.29, 0.717) is 5.69 Å². The second kappa shape index (κ2) is 6.03. The van der Waals surface area contributed by atoms with Crippen LogP contribution in [0, 0.1) is 0 Å². The molecule has 6 heteroatoms. The first kappa shape index (κ1) is 16.8. The summed E-state index contributed by atoms with van der Waals surface area (Å²) >= 11 is 0. The zero-order valence-corrected chi connectivity index (χ0v) is 12.8. The number of anilines is 1. The van der Waals surface area contributed by atoms with Crippen molar-refractivity contribution in [2.75, 3.05) is 5.73 Å². The van der Waals surface area contributed by atoms with E-state index in [1.54, 1.807) is 45.0 Å². The molecule has 0 spiro atoms. The summed E-state index contributed by atoms with van der Waals surface area (Å²) in [5.74, 6) is -1.13. The van der Waals surface area contributed by atoms with E-state index >= 15 is 0 Å². The first-order valence-electron chi connectivity index (χ1n) is 6.61. The maximum atomic E-state index is 11.8. The summed E-state index contributed by atoms with van der Waals surface area (Å²) in [7, 11) is 0. The standard InChI is InChI=1S/C15H22N2O4/c1-14(2,3)21-13(20)17-15(4,12(18)19)9-10-5-7-11(16)8-6-10/h5-8H,9,16H2,1-4H3,(H,17,20)(H,18,19). The number of hydrogen-bond donors (Lipinski definition) is 3. The predicted molar refractivity (Wildman–Crippen MR) is 80.0 cm³/mol. The highest BCUT2D eigenvalue weighted by Gasteiger charge is 2.36. The smallest absolute Gasteiger partial charge is 0.408 e. The molecule has 0 aliphatic carbocycles. The van der Waals surface area contributed by atoms with Crippen LogP contribution < -0.4 is 11.1 Å². The molecule has 0 aromatic heterocycles. The normalized spacial score (nSPS) is 14.1. The predicted octanol–water partition coefficient (Wildman–Crippen LogP) is 2.18. The topological polar surface area (TPSA) is 102 Å². The average molecular weight is 294 g/mol. The Morgan fingerprint density at radius 3 is 2.14 bits per heavy atom. The van der Waals surface area contributed by atoms with Crippen molar-refractivity contribution >= 4 is 17.7 Å². The Kier molecular flexibility index (Phi) is 4.83. The number of ether oxygens (including phenoxy) is 1. The maximum Gasteiger partial charge on any atom is 0.408 e. The van der Waals surface area contributed by atoms with Crippen molar-refractivity contribution in [3.8, 4) is 0 Å². The maximum absolute atomic E-state index is 11.8. The molecule has 6 nitrogen and oxygen atoms in total. The van der Waals surface area contributed by atoms with Gasteiger partial charge in [-0.05, 0) is 45.4 Å². The number of benzene rings is 1. The Bertz CT molecular complexity index is 519. The van der Waals surface area contributed by atoms with E-state index in [0.717, 1.165) is 5.56 Å². The quantitative estimate of drug-likeness (QED) is 0.739. The van der Waals surface area contributed by atoms with Gasteiger partial charge in [-0.2, -0.15) is 0 Å². The van der Waals surface area contributed by atoms with E-state index in [2.05, 4.69) is 5.32 Å². The summed E-state index contributed by atoms with van der Waals surface area (Å²) in [6, 6.07) is 6.83. The summed E-state index contributed by atoms with van der Waals surface area (Å²) in [4.78, 5) is 23.3. The SMILES string of the molecule is CC(C)(C)OC(=O)NC(C)(Cc1ccc(N)cc1)C(=O)O. The summed E-state index contributed by atoms with van der Waals surface area (Å²) in [5.41, 5.74) is 4.79. The Labute approximate surface area is 124 Å². The monoisotopic (exact) mass is 294 g/mol. The van der Waals surface area contributed by atoms with Crippen molar-refractivity contribution in [3.05, 3.63) is 29.8 Å². The van der Waals surface area contributed by atoms with Crippen molar-refractivity contribution in [1.82, 2.24) is 5.32 Å². The number of carboxylic acid groups (broad SMARTS) is 1. The molecule has 0 aliphatic rings. The fraction of sp³-hybridized carbons (Fsp3) is 0.467. The molecule has 1 amide bonds. The number of nitrogens with two attached hydrogens (primary N) is 1. The first-order chi connectivity index (χ1) is 9.52. The van der Waals surface area contributed by atoms with E-state index in [1.807, 2.05) is 0 Å². The van der Waals surface area contributed by atoms with Gasteiger partial charge in [-0.15, -0.1) is 0 Å². The minimum absolute atomic E-state index is 0.127. The molecule has 0 bridgehead atoms. The van der Waals surface area contributed by atoms with Crippen LogP contribution in [0.25, 0.3) is 0 Å². The molecule has 1 atom stereocenters. The second-order valence-corrected chi connectivity index (χ2v) is 6.18. The van der Waals surface area contributed by atoms with E-state index in [9.17, 15) is 14.7 Å². The number of carboxylic acids is 1. The van der Waals surface area contributed by atoms with Crippen LogP contribution in [0.5, 0.6) is 0 Å². The molecule has 116 valence electrons. The van der Waals surface area contributed by atoms with Gasteiger partial charge in [0, 0.05) is 12.1 Å². The molecule has 0 saturated carbocycles. The number of hydrogen-bond acceptors (Lipinski definition) is 4. The number of alkyl carbamates (subject to hydrolysis) is 1. The van der Waals surface area contributed by atoms with Crippen LogP contribution in [0.1, 0.15) is 33.3 Å². The van der Waals surface area contributed by atoms with Gasteiger partial charge in [0.15, 0.2) is 0 Å². The Morgan fingerprint density at radius 2 is 1.71 bits per heavy atom. The van der Waals surface area contributed by atoms with E-state index in [4.69, 9.17) is 10.5 Å².